The topological polar surface area (TPSA) is 117 Å². The molecule has 2 N–H and O–H groups in total. The lowest BCUT2D eigenvalue weighted by Gasteiger charge is -2.15. The predicted molar refractivity (Wildman–Crippen MR) is 123 cm³/mol. The fourth-order valence-corrected chi connectivity index (χ4v) is 4.12. The van der Waals surface area contributed by atoms with E-state index < -0.39 is 10.0 Å². The Kier molecular flexibility index (Phi) is 5.62. The van der Waals surface area contributed by atoms with Gasteiger partial charge in [0.1, 0.15) is 5.75 Å². The van der Waals surface area contributed by atoms with Crippen LogP contribution in [-0.2, 0) is 10.0 Å². The Bertz CT molecular complexity index is 1460. The Morgan fingerprint density at radius 1 is 0.938 bits per heavy atom. The van der Waals surface area contributed by atoms with Crippen LogP contribution in [-0.4, -0.2) is 25.5 Å². The van der Waals surface area contributed by atoms with Crippen molar-refractivity contribution in [1.82, 2.24) is 9.97 Å². The van der Waals surface area contributed by atoms with Gasteiger partial charge in [-0.05, 0) is 48.9 Å². The summed E-state index contributed by atoms with van der Waals surface area (Å²) in [5, 5.41) is 12.3. The van der Waals surface area contributed by atoms with Crippen molar-refractivity contribution >= 4 is 38.4 Å². The average Bonchev–Trinajstić information content (AvgIpc) is 2.80. The molecule has 0 aliphatic heterocycles. The van der Waals surface area contributed by atoms with Gasteiger partial charge >= 0.3 is 0 Å². The molecular formula is C23H19N5O3S. The number of anilines is 3. The van der Waals surface area contributed by atoms with Crippen molar-refractivity contribution in [1.29, 1.82) is 5.26 Å². The largest absolute Gasteiger partial charge is 0.497 e. The van der Waals surface area contributed by atoms with E-state index in [9.17, 15) is 8.42 Å². The minimum atomic E-state index is -4.02. The molecule has 0 unspecified atom stereocenters. The van der Waals surface area contributed by atoms with Gasteiger partial charge in [-0.25, -0.2) is 18.4 Å². The summed E-state index contributed by atoms with van der Waals surface area (Å²) in [6.45, 7) is 1.91. The smallest absolute Gasteiger partial charge is 0.263 e. The van der Waals surface area contributed by atoms with Crippen molar-refractivity contribution in [3.8, 4) is 11.8 Å². The third kappa shape index (κ3) is 4.31. The van der Waals surface area contributed by atoms with E-state index in [-0.39, 0.29) is 22.1 Å². The summed E-state index contributed by atoms with van der Waals surface area (Å²) in [7, 11) is -2.45. The summed E-state index contributed by atoms with van der Waals surface area (Å²) in [5.74, 6) is 0.913. The van der Waals surface area contributed by atoms with Gasteiger partial charge in [0.05, 0.1) is 34.7 Å². The first-order valence-electron chi connectivity index (χ1n) is 9.61. The maximum Gasteiger partial charge on any atom is 0.263 e. The molecule has 9 heteroatoms. The van der Waals surface area contributed by atoms with Gasteiger partial charge in [-0.2, -0.15) is 5.26 Å². The molecule has 1 heterocycles. The number of aromatic nitrogens is 2. The van der Waals surface area contributed by atoms with E-state index in [1.54, 1.807) is 31.4 Å². The summed E-state index contributed by atoms with van der Waals surface area (Å²) in [4.78, 5) is 9.02. The Balaban J connectivity index is 1.80. The highest BCUT2D eigenvalue weighted by Gasteiger charge is 2.20. The molecule has 0 bridgehead atoms. The second kappa shape index (κ2) is 8.53. The van der Waals surface area contributed by atoms with Gasteiger partial charge in [0.15, 0.2) is 11.6 Å². The molecule has 0 amide bonds. The van der Waals surface area contributed by atoms with Crippen molar-refractivity contribution < 1.29 is 13.2 Å². The van der Waals surface area contributed by atoms with Crippen LogP contribution in [0.5, 0.6) is 5.75 Å². The number of aryl methyl sites for hydroxylation is 1. The molecule has 0 spiro atoms. The van der Waals surface area contributed by atoms with Crippen LogP contribution in [0.1, 0.15) is 11.1 Å². The number of para-hydroxylation sites is 2. The molecule has 0 aliphatic rings. The van der Waals surface area contributed by atoms with E-state index in [4.69, 9.17) is 10.00 Å². The first-order valence-corrected chi connectivity index (χ1v) is 11.1. The number of nitriles is 1. The Hall–Kier alpha value is -4.16. The van der Waals surface area contributed by atoms with Crippen LogP contribution < -0.4 is 14.8 Å². The Morgan fingerprint density at radius 3 is 2.34 bits per heavy atom. The second-order valence-corrected chi connectivity index (χ2v) is 8.64. The zero-order chi connectivity index (χ0) is 22.7. The third-order valence-electron chi connectivity index (χ3n) is 4.77. The number of hydrogen-bond acceptors (Lipinski definition) is 7. The van der Waals surface area contributed by atoms with Gasteiger partial charge in [0.25, 0.3) is 10.0 Å². The summed E-state index contributed by atoms with van der Waals surface area (Å²) >= 11 is 0. The van der Waals surface area contributed by atoms with Crippen LogP contribution in [0, 0.1) is 18.3 Å². The summed E-state index contributed by atoms with van der Waals surface area (Å²) in [6, 6.07) is 20.4. The SMILES string of the molecule is COc1ccc(C)c(Nc2nc3ccccc3nc2NS(=O)(=O)c2cccc(C#N)c2)c1. The van der Waals surface area contributed by atoms with Crippen molar-refractivity contribution in [2.45, 2.75) is 11.8 Å². The van der Waals surface area contributed by atoms with E-state index in [0.29, 0.717) is 22.5 Å². The Labute approximate surface area is 185 Å². The molecule has 0 aliphatic carbocycles. The molecule has 160 valence electrons. The van der Waals surface area contributed by atoms with Gasteiger partial charge in [-0.3, -0.25) is 4.72 Å². The van der Waals surface area contributed by atoms with Gasteiger partial charge in [0, 0.05) is 11.8 Å². The molecular weight excluding hydrogens is 426 g/mol. The molecule has 8 nitrogen and oxygen atoms in total. The number of hydrogen-bond donors (Lipinski definition) is 2. The van der Waals surface area contributed by atoms with Gasteiger partial charge in [-0.15, -0.1) is 0 Å². The molecule has 1 aromatic heterocycles. The highest BCUT2D eigenvalue weighted by Crippen LogP contribution is 2.30. The van der Waals surface area contributed by atoms with Crippen molar-refractivity contribution in [2.75, 3.05) is 17.1 Å². The number of ether oxygens (including phenoxy) is 1. The highest BCUT2D eigenvalue weighted by molar-refractivity contribution is 7.92. The normalized spacial score (nSPS) is 11.0. The number of methoxy groups -OCH3 is 1. The zero-order valence-electron chi connectivity index (χ0n) is 17.3. The fraction of sp³-hybridized carbons (Fsp3) is 0.0870. The number of rotatable bonds is 6. The van der Waals surface area contributed by atoms with Gasteiger partial charge < -0.3 is 10.1 Å². The maximum absolute atomic E-state index is 13.0. The van der Waals surface area contributed by atoms with Crippen molar-refractivity contribution in [3.63, 3.8) is 0 Å². The highest BCUT2D eigenvalue weighted by atomic mass is 32.2. The van der Waals surface area contributed by atoms with E-state index in [1.165, 1.54) is 24.3 Å². The maximum atomic E-state index is 13.0. The van der Waals surface area contributed by atoms with E-state index in [0.717, 1.165) is 5.56 Å². The molecule has 0 atom stereocenters. The van der Waals surface area contributed by atoms with Gasteiger partial charge in [-0.1, -0.05) is 24.3 Å². The quantitative estimate of drug-likeness (QED) is 0.453. The minimum absolute atomic E-state index is 0.0354. The second-order valence-electron chi connectivity index (χ2n) is 6.96. The lowest BCUT2D eigenvalue weighted by Crippen LogP contribution is -2.16. The standard InChI is InChI=1S/C23H19N5O3S/c1-15-10-11-17(31-2)13-21(15)27-22-23(26-20-9-4-3-8-19(20)25-22)28-32(29,30)18-7-5-6-16(12-18)14-24/h3-13H,1-2H3,(H,25,27)(H,26,28). The Morgan fingerprint density at radius 2 is 1.66 bits per heavy atom. The minimum Gasteiger partial charge on any atom is -0.497 e. The van der Waals surface area contributed by atoms with E-state index in [1.807, 2.05) is 31.2 Å². The molecule has 0 radical (unpaired) electrons. The van der Waals surface area contributed by atoms with Crippen LogP contribution in [0.25, 0.3) is 11.0 Å². The predicted octanol–water partition coefficient (Wildman–Crippen LogP) is 4.36. The monoisotopic (exact) mass is 445 g/mol. The third-order valence-corrected chi connectivity index (χ3v) is 6.11. The summed E-state index contributed by atoms with van der Waals surface area (Å²) < 4.78 is 33.9. The average molecular weight is 446 g/mol. The lowest BCUT2D eigenvalue weighted by molar-refractivity contribution is 0.415. The number of nitrogens with zero attached hydrogens (tertiary/aromatic N) is 3. The van der Waals surface area contributed by atoms with Gasteiger partial charge in [0.2, 0.25) is 0 Å². The summed E-state index contributed by atoms with van der Waals surface area (Å²) in [6.07, 6.45) is 0. The number of fused-ring (bicyclic) bond motifs is 1. The van der Waals surface area contributed by atoms with E-state index in [2.05, 4.69) is 20.0 Å². The van der Waals surface area contributed by atoms with Crippen LogP contribution >= 0.6 is 0 Å². The zero-order valence-corrected chi connectivity index (χ0v) is 18.1. The van der Waals surface area contributed by atoms with Crippen molar-refractivity contribution in [3.05, 3.63) is 77.9 Å². The first kappa shape index (κ1) is 21.1. The van der Waals surface area contributed by atoms with Crippen LogP contribution in [0.4, 0.5) is 17.3 Å². The van der Waals surface area contributed by atoms with Crippen LogP contribution in [0.2, 0.25) is 0 Å². The lowest BCUT2D eigenvalue weighted by atomic mass is 10.2. The molecule has 0 fully saturated rings. The van der Waals surface area contributed by atoms with Crippen LogP contribution in [0.3, 0.4) is 0 Å². The molecule has 4 rings (SSSR count). The number of benzene rings is 3. The summed E-state index contributed by atoms with van der Waals surface area (Å²) in [5.41, 5.74) is 2.98. The molecule has 4 aromatic rings. The molecule has 0 saturated carbocycles. The van der Waals surface area contributed by atoms with Crippen molar-refractivity contribution in [2.24, 2.45) is 0 Å². The molecule has 0 saturated heterocycles. The number of nitrogens with one attached hydrogen (secondary N) is 2. The van der Waals surface area contributed by atoms with Crippen LogP contribution in [0.15, 0.2) is 71.6 Å². The first-order chi connectivity index (χ1) is 15.4. The molecule has 3 aromatic carbocycles. The number of sulfonamides is 1. The fourth-order valence-electron chi connectivity index (χ4n) is 3.07. The van der Waals surface area contributed by atoms with E-state index >= 15 is 0 Å². The molecule has 32 heavy (non-hydrogen) atoms.